The van der Waals surface area contributed by atoms with Gasteiger partial charge in [-0.05, 0) is 27.4 Å². The smallest absolute Gasteiger partial charge is 0.299 e. The lowest BCUT2D eigenvalue weighted by Crippen LogP contribution is -2.30. The molecule has 0 saturated heterocycles. The third kappa shape index (κ3) is 7.66. The van der Waals surface area contributed by atoms with Gasteiger partial charge >= 0.3 is 0 Å². The predicted molar refractivity (Wildman–Crippen MR) is 61.6 cm³/mol. The highest BCUT2D eigenvalue weighted by atomic mass is 16.5. The van der Waals surface area contributed by atoms with Crippen molar-refractivity contribution in [1.82, 2.24) is 10.7 Å². The van der Waals surface area contributed by atoms with Gasteiger partial charge < -0.3 is 20.2 Å². The maximum absolute atomic E-state index is 10.2. The number of nitrogens with one attached hydrogen (secondary N) is 2. The van der Waals surface area contributed by atoms with E-state index in [4.69, 9.17) is 4.74 Å². The normalized spacial score (nSPS) is 11.6. The molecule has 6 heteroatoms. The van der Waals surface area contributed by atoms with Gasteiger partial charge in [0.1, 0.15) is 5.60 Å². The van der Waals surface area contributed by atoms with E-state index in [0.29, 0.717) is 12.4 Å². The average molecular weight is 229 g/mol. The number of carbonyl (C=O) groups is 1. The average Bonchev–Trinajstić information content (AvgIpc) is 2.12. The van der Waals surface area contributed by atoms with Crippen LogP contribution >= 0.6 is 0 Å². The molecule has 0 heterocycles. The molecule has 2 N–H and O–H groups in total. The van der Waals surface area contributed by atoms with Gasteiger partial charge in [0.05, 0.1) is 6.54 Å². The summed E-state index contributed by atoms with van der Waals surface area (Å²) in [4.78, 5) is 10.2. The highest BCUT2D eigenvalue weighted by Gasteiger charge is 2.12. The molecule has 16 heavy (non-hydrogen) atoms. The van der Waals surface area contributed by atoms with E-state index in [1.165, 1.54) is 0 Å². The second-order valence-electron chi connectivity index (χ2n) is 3.93. The minimum atomic E-state index is -0.323. The van der Waals surface area contributed by atoms with Gasteiger partial charge in [-0.1, -0.05) is 0 Å². The molecule has 0 radical (unpaired) electrons. The molecule has 0 rings (SSSR count). The van der Waals surface area contributed by atoms with Crippen molar-refractivity contribution in [3.8, 4) is 0 Å². The first-order chi connectivity index (χ1) is 7.39. The molecule has 0 amide bonds. The molecular formula is C10H19N3O3. The summed E-state index contributed by atoms with van der Waals surface area (Å²) in [6.07, 6.45) is 0. The first-order valence-electron chi connectivity index (χ1n) is 4.84. The van der Waals surface area contributed by atoms with Crippen molar-refractivity contribution in [1.29, 1.82) is 0 Å². The number of hydrogen-bond donors (Lipinski definition) is 2. The summed E-state index contributed by atoms with van der Waals surface area (Å²) in [6, 6.07) is 0. The molecule has 0 aliphatic carbocycles. The van der Waals surface area contributed by atoms with Crippen LogP contribution in [0.15, 0.2) is 17.6 Å². The molecule has 0 aliphatic heterocycles. The van der Waals surface area contributed by atoms with Crippen molar-refractivity contribution in [2.24, 2.45) is 5.10 Å². The Hall–Kier alpha value is -1.72. The second kappa shape index (κ2) is 6.71. The summed E-state index contributed by atoms with van der Waals surface area (Å²) in [5, 5.41) is 6.57. The van der Waals surface area contributed by atoms with Crippen molar-refractivity contribution in [3.05, 3.63) is 12.5 Å². The Bertz CT molecular complexity index is 269. The van der Waals surface area contributed by atoms with Gasteiger partial charge in [-0.15, -0.1) is 5.10 Å². The van der Waals surface area contributed by atoms with E-state index < -0.39 is 0 Å². The van der Waals surface area contributed by atoms with Gasteiger partial charge in [-0.3, -0.25) is 4.79 Å². The number of ether oxygens (including phenoxy) is 2. The topological polar surface area (TPSA) is 72.0 Å². The molecule has 92 valence electrons. The zero-order valence-electron chi connectivity index (χ0n) is 10.2. The van der Waals surface area contributed by atoms with Crippen molar-refractivity contribution >= 4 is 12.4 Å². The molecule has 0 saturated carbocycles. The second-order valence-corrected chi connectivity index (χ2v) is 3.93. The Kier molecular flexibility index (Phi) is 5.99. The molecule has 0 aromatic rings. The number of rotatable bonds is 6. The van der Waals surface area contributed by atoms with Crippen molar-refractivity contribution < 1.29 is 14.3 Å². The standard InChI is InChI=1S/C10H19N3O3/c1-8(16-10(2,3)4)12-6-9(13-11-5)15-7-14/h7,11-12H,1,6H2,2-5H3/b13-9-. The number of carbonyl (C=O) groups excluding carboxylic acids is 1. The van der Waals surface area contributed by atoms with E-state index in [9.17, 15) is 4.79 Å². The number of hydrogen-bond acceptors (Lipinski definition) is 6. The highest BCUT2D eigenvalue weighted by molar-refractivity contribution is 5.83. The van der Waals surface area contributed by atoms with Crippen LogP contribution in [0.5, 0.6) is 0 Å². The SMILES string of the molecule is C=C(NC/C(=N/NC)OC=O)OC(C)(C)C. The van der Waals surface area contributed by atoms with Gasteiger partial charge in [-0.25, -0.2) is 0 Å². The third-order valence-electron chi connectivity index (χ3n) is 1.29. The fourth-order valence-electron chi connectivity index (χ4n) is 0.868. The molecular weight excluding hydrogens is 210 g/mol. The van der Waals surface area contributed by atoms with Gasteiger partial charge in [-0.2, -0.15) is 0 Å². The highest BCUT2D eigenvalue weighted by Crippen LogP contribution is 2.09. The Morgan fingerprint density at radius 1 is 1.50 bits per heavy atom. The minimum absolute atomic E-state index is 0.205. The van der Waals surface area contributed by atoms with Gasteiger partial charge in [0.15, 0.2) is 5.88 Å². The zero-order chi connectivity index (χ0) is 12.6. The lowest BCUT2D eigenvalue weighted by molar-refractivity contribution is -0.121. The Morgan fingerprint density at radius 3 is 2.56 bits per heavy atom. The van der Waals surface area contributed by atoms with Crippen LogP contribution in [0.3, 0.4) is 0 Å². The molecule has 0 unspecified atom stereocenters. The fourth-order valence-corrected chi connectivity index (χ4v) is 0.868. The minimum Gasteiger partial charge on any atom is -0.474 e. The van der Waals surface area contributed by atoms with E-state index in [1.807, 2.05) is 20.8 Å². The lowest BCUT2D eigenvalue weighted by atomic mass is 10.2. The van der Waals surface area contributed by atoms with E-state index in [1.54, 1.807) is 7.05 Å². The van der Waals surface area contributed by atoms with Crippen LogP contribution in [-0.2, 0) is 14.3 Å². The first-order valence-corrected chi connectivity index (χ1v) is 4.84. The summed E-state index contributed by atoms with van der Waals surface area (Å²) in [6.45, 7) is 9.93. The van der Waals surface area contributed by atoms with Crippen LogP contribution in [0.4, 0.5) is 0 Å². The van der Waals surface area contributed by atoms with Crippen LogP contribution in [-0.4, -0.2) is 31.6 Å². The molecule has 0 bridgehead atoms. The molecule has 0 aromatic carbocycles. The summed E-state index contributed by atoms with van der Waals surface area (Å²) >= 11 is 0. The van der Waals surface area contributed by atoms with E-state index in [-0.39, 0.29) is 18.0 Å². The third-order valence-corrected chi connectivity index (χ3v) is 1.29. The van der Waals surface area contributed by atoms with E-state index in [2.05, 4.69) is 27.2 Å². The Morgan fingerprint density at radius 2 is 2.12 bits per heavy atom. The van der Waals surface area contributed by atoms with Gasteiger partial charge in [0, 0.05) is 7.05 Å². The van der Waals surface area contributed by atoms with Crippen molar-refractivity contribution in [3.63, 3.8) is 0 Å². The molecule has 0 aromatic heterocycles. The van der Waals surface area contributed by atoms with Crippen LogP contribution in [0.25, 0.3) is 0 Å². The maximum Gasteiger partial charge on any atom is 0.299 e. The Labute approximate surface area is 95.7 Å². The maximum atomic E-state index is 10.2. The predicted octanol–water partition coefficient (Wildman–Crippen LogP) is 0.568. The van der Waals surface area contributed by atoms with Gasteiger partial charge in [0.25, 0.3) is 6.47 Å². The van der Waals surface area contributed by atoms with Crippen LogP contribution in [0.2, 0.25) is 0 Å². The zero-order valence-corrected chi connectivity index (χ0v) is 10.2. The molecule has 0 spiro atoms. The fraction of sp³-hybridized carbons (Fsp3) is 0.600. The number of hydrazone groups is 1. The van der Waals surface area contributed by atoms with Crippen LogP contribution in [0.1, 0.15) is 20.8 Å². The first kappa shape index (κ1) is 14.3. The summed E-state index contributed by atoms with van der Waals surface area (Å²) in [5.74, 6) is 0.599. The van der Waals surface area contributed by atoms with Crippen LogP contribution < -0.4 is 10.7 Å². The Balaban J connectivity index is 4.06. The summed E-state index contributed by atoms with van der Waals surface area (Å²) < 4.78 is 10.0. The summed E-state index contributed by atoms with van der Waals surface area (Å²) in [5.41, 5.74) is 2.19. The molecule has 6 nitrogen and oxygen atoms in total. The quantitative estimate of drug-likeness (QED) is 0.229. The molecule has 0 aliphatic rings. The molecule has 0 fully saturated rings. The monoisotopic (exact) mass is 229 g/mol. The van der Waals surface area contributed by atoms with E-state index in [0.717, 1.165) is 0 Å². The number of nitrogens with zero attached hydrogens (tertiary/aromatic N) is 1. The molecule has 0 atom stereocenters. The van der Waals surface area contributed by atoms with Gasteiger partial charge in [0.2, 0.25) is 5.90 Å². The lowest BCUT2D eigenvalue weighted by Gasteiger charge is -2.23. The van der Waals surface area contributed by atoms with Crippen molar-refractivity contribution in [2.45, 2.75) is 26.4 Å². The van der Waals surface area contributed by atoms with Crippen molar-refractivity contribution in [2.75, 3.05) is 13.6 Å². The summed E-state index contributed by atoms with van der Waals surface area (Å²) in [7, 11) is 1.61. The van der Waals surface area contributed by atoms with Crippen LogP contribution in [0, 0.1) is 0 Å². The largest absolute Gasteiger partial charge is 0.474 e. The van der Waals surface area contributed by atoms with E-state index >= 15 is 0 Å².